The normalized spacial score (nSPS) is 13.0. The predicted molar refractivity (Wildman–Crippen MR) is 40.3 cm³/mol. The van der Waals surface area contributed by atoms with E-state index in [-0.39, 0.29) is 0 Å². The van der Waals surface area contributed by atoms with E-state index in [1.54, 1.807) is 0 Å². The Kier molecular flexibility index (Phi) is 5.68. The van der Waals surface area contributed by atoms with Crippen LogP contribution in [-0.4, -0.2) is 39.7 Å². The van der Waals surface area contributed by atoms with Gasteiger partial charge in [0.05, 0.1) is 0 Å². The SMILES string of the molecule is CCCN[C@@H](C[Se])C(=O)O. The Morgan fingerprint density at radius 2 is 2.40 bits per heavy atom. The van der Waals surface area contributed by atoms with Crippen molar-refractivity contribution >= 4 is 22.0 Å². The van der Waals surface area contributed by atoms with Crippen molar-refractivity contribution in [3.05, 3.63) is 0 Å². The molecule has 0 amide bonds. The number of carboxylic acid groups (broad SMARTS) is 1. The third-order valence-corrected chi connectivity index (χ3v) is 1.80. The van der Waals surface area contributed by atoms with Crippen molar-refractivity contribution in [1.29, 1.82) is 0 Å². The number of hydrogen-bond acceptors (Lipinski definition) is 2. The van der Waals surface area contributed by atoms with Crippen LogP contribution in [0.4, 0.5) is 0 Å². The van der Waals surface area contributed by atoms with Gasteiger partial charge >= 0.3 is 68.5 Å². The Balaban J connectivity index is 3.50. The molecular weight excluding hydrogens is 197 g/mol. The van der Waals surface area contributed by atoms with Gasteiger partial charge in [-0.3, -0.25) is 0 Å². The van der Waals surface area contributed by atoms with E-state index >= 15 is 0 Å². The summed E-state index contributed by atoms with van der Waals surface area (Å²) < 4.78 is 0. The minimum atomic E-state index is -0.785. The van der Waals surface area contributed by atoms with Crippen LogP contribution in [-0.2, 0) is 4.79 Å². The number of aliphatic carboxylic acids is 1. The molecule has 2 N–H and O–H groups in total. The number of carboxylic acids is 1. The number of nitrogens with one attached hydrogen (secondary N) is 1. The zero-order valence-electron chi connectivity index (χ0n) is 5.96. The van der Waals surface area contributed by atoms with E-state index in [0.29, 0.717) is 5.32 Å². The standard InChI is InChI=1S/C6H12NO2Se/c1-2-3-7-5(4-10)6(8)9/h5,7H,2-4H2,1H3,(H,8,9)/t5-/m0/s1. The van der Waals surface area contributed by atoms with Gasteiger partial charge in [-0.05, 0) is 0 Å². The van der Waals surface area contributed by atoms with Gasteiger partial charge in [-0.25, -0.2) is 0 Å². The van der Waals surface area contributed by atoms with Gasteiger partial charge in [-0.1, -0.05) is 0 Å². The summed E-state index contributed by atoms with van der Waals surface area (Å²) in [7, 11) is 0. The predicted octanol–water partition coefficient (Wildman–Crippen LogP) is 0.0260. The molecule has 59 valence electrons. The van der Waals surface area contributed by atoms with Gasteiger partial charge in [0, 0.05) is 0 Å². The third-order valence-electron chi connectivity index (χ3n) is 1.11. The van der Waals surface area contributed by atoms with Crippen LogP contribution in [0.2, 0.25) is 5.32 Å². The molecule has 0 aliphatic carbocycles. The minimum absolute atomic E-state index is 0.417. The summed E-state index contributed by atoms with van der Waals surface area (Å²) >= 11 is 2.69. The summed E-state index contributed by atoms with van der Waals surface area (Å²) in [4.78, 5) is 10.4. The van der Waals surface area contributed by atoms with E-state index < -0.39 is 12.0 Å². The zero-order chi connectivity index (χ0) is 7.98. The van der Waals surface area contributed by atoms with Gasteiger partial charge < -0.3 is 0 Å². The van der Waals surface area contributed by atoms with Crippen molar-refractivity contribution in [2.75, 3.05) is 6.54 Å². The Morgan fingerprint density at radius 1 is 1.80 bits per heavy atom. The first-order valence-electron chi connectivity index (χ1n) is 3.26. The van der Waals surface area contributed by atoms with Crippen LogP contribution in [0.3, 0.4) is 0 Å². The molecule has 1 atom stereocenters. The Bertz CT molecular complexity index is 108. The molecule has 0 saturated carbocycles. The fourth-order valence-electron chi connectivity index (χ4n) is 0.536. The van der Waals surface area contributed by atoms with Gasteiger partial charge in [-0.2, -0.15) is 0 Å². The van der Waals surface area contributed by atoms with E-state index in [1.807, 2.05) is 6.92 Å². The van der Waals surface area contributed by atoms with Crippen molar-refractivity contribution < 1.29 is 9.90 Å². The Morgan fingerprint density at radius 3 is 2.70 bits per heavy atom. The van der Waals surface area contributed by atoms with Crippen LogP contribution < -0.4 is 5.32 Å². The molecule has 0 aromatic carbocycles. The topological polar surface area (TPSA) is 49.3 Å². The first kappa shape index (κ1) is 9.95. The van der Waals surface area contributed by atoms with Gasteiger partial charge in [0.1, 0.15) is 0 Å². The summed E-state index contributed by atoms with van der Waals surface area (Å²) in [6.07, 6.45) is 0.962. The Labute approximate surface area is 69.0 Å². The monoisotopic (exact) mass is 210 g/mol. The van der Waals surface area contributed by atoms with Gasteiger partial charge in [0.15, 0.2) is 0 Å². The number of rotatable bonds is 5. The molecule has 0 aliphatic rings. The molecule has 0 aromatic heterocycles. The number of carbonyl (C=O) groups is 1. The van der Waals surface area contributed by atoms with Crippen LogP contribution in [0.15, 0.2) is 0 Å². The molecule has 0 fully saturated rings. The molecule has 0 aliphatic heterocycles. The first-order chi connectivity index (χ1) is 4.72. The summed E-state index contributed by atoms with van der Waals surface area (Å²) in [5.74, 6) is -0.785. The van der Waals surface area contributed by atoms with Crippen molar-refractivity contribution in [2.24, 2.45) is 0 Å². The average Bonchev–Trinajstić information content (AvgIpc) is 1.89. The molecule has 0 saturated heterocycles. The van der Waals surface area contributed by atoms with E-state index in [2.05, 4.69) is 21.3 Å². The molecule has 0 spiro atoms. The maximum atomic E-state index is 10.4. The van der Waals surface area contributed by atoms with Crippen LogP contribution in [0.1, 0.15) is 13.3 Å². The molecule has 0 rings (SSSR count). The molecule has 1 radical (unpaired) electrons. The van der Waals surface area contributed by atoms with Crippen LogP contribution in [0.25, 0.3) is 0 Å². The molecular formula is C6H12NO2Se. The molecule has 0 heterocycles. The second-order valence-corrected chi connectivity index (χ2v) is 2.71. The molecule has 3 nitrogen and oxygen atoms in total. The van der Waals surface area contributed by atoms with Crippen molar-refractivity contribution in [3.8, 4) is 0 Å². The maximum absolute atomic E-state index is 10.4. The van der Waals surface area contributed by atoms with Gasteiger partial charge in [0.25, 0.3) is 0 Å². The quantitative estimate of drug-likeness (QED) is 0.628. The second-order valence-electron chi connectivity index (χ2n) is 2.01. The van der Waals surface area contributed by atoms with Crippen LogP contribution in [0, 0.1) is 0 Å². The van der Waals surface area contributed by atoms with E-state index in [0.717, 1.165) is 13.0 Å². The fourth-order valence-corrected chi connectivity index (χ4v) is 1.08. The molecule has 0 aromatic rings. The van der Waals surface area contributed by atoms with Crippen LogP contribution in [0.5, 0.6) is 0 Å². The number of hydrogen-bond donors (Lipinski definition) is 2. The van der Waals surface area contributed by atoms with Gasteiger partial charge in [-0.15, -0.1) is 0 Å². The van der Waals surface area contributed by atoms with Crippen molar-refractivity contribution in [1.82, 2.24) is 5.32 Å². The summed E-state index contributed by atoms with van der Waals surface area (Å²) in [5.41, 5.74) is 0. The molecule has 0 unspecified atom stereocenters. The molecule has 4 heteroatoms. The van der Waals surface area contributed by atoms with E-state index in [4.69, 9.17) is 5.11 Å². The zero-order valence-corrected chi connectivity index (χ0v) is 7.68. The summed E-state index contributed by atoms with van der Waals surface area (Å²) in [6.45, 7) is 2.77. The summed E-state index contributed by atoms with van der Waals surface area (Å²) in [5, 5.41) is 11.9. The second kappa shape index (κ2) is 5.71. The average molecular weight is 209 g/mol. The van der Waals surface area contributed by atoms with E-state index in [1.165, 1.54) is 0 Å². The molecule has 10 heavy (non-hydrogen) atoms. The van der Waals surface area contributed by atoms with Crippen LogP contribution >= 0.6 is 0 Å². The van der Waals surface area contributed by atoms with Gasteiger partial charge in [0.2, 0.25) is 0 Å². The fraction of sp³-hybridized carbons (Fsp3) is 0.833. The summed E-state index contributed by atoms with van der Waals surface area (Å²) in [6, 6.07) is -0.417. The van der Waals surface area contributed by atoms with E-state index in [9.17, 15) is 4.79 Å². The third kappa shape index (κ3) is 3.88. The Hall–Kier alpha value is -0.0505. The van der Waals surface area contributed by atoms with Crippen molar-refractivity contribution in [2.45, 2.75) is 24.7 Å². The molecule has 0 bridgehead atoms. The van der Waals surface area contributed by atoms with Crippen molar-refractivity contribution in [3.63, 3.8) is 0 Å². The first-order valence-corrected chi connectivity index (χ1v) is 4.47.